The normalized spacial score (nSPS) is 10.8. The van der Waals surface area contributed by atoms with Crippen molar-refractivity contribution in [3.63, 3.8) is 0 Å². The van der Waals surface area contributed by atoms with Gasteiger partial charge in [0, 0.05) is 0 Å². The van der Waals surface area contributed by atoms with Gasteiger partial charge in [0.05, 0.1) is 22.3 Å². The van der Waals surface area contributed by atoms with Crippen molar-refractivity contribution in [1.82, 2.24) is 9.55 Å². The number of fused-ring (bicyclic) bond motifs is 1. The smallest absolute Gasteiger partial charge is 0.337 e. The Bertz CT molecular complexity index is 874. The molecule has 0 saturated heterocycles. The maximum absolute atomic E-state index is 12.2. The van der Waals surface area contributed by atoms with Gasteiger partial charge >= 0.3 is 11.7 Å². The zero-order valence-electron chi connectivity index (χ0n) is 10.8. The lowest BCUT2D eigenvalue weighted by atomic mass is 10.1. The second kappa shape index (κ2) is 4.38. The second-order valence-corrected chi connectivity index (χ2v) is 4.56. The van der Waals surface area contributed by atoms with Gasteiger partial charge in [0.25, 0.3) is 0 Å². The van der Waals surface area contributed by atoms with Gasteiger partial charge in [-0.25, -0.2) is 9.59 Å². The summed E-state index contributed by atoms with van der Waals surface area (Å²) in [6.07, 6.45) is 0. The van der Waals surface area contributed by atoms with Crippen LogP contribution in [0.3, 0.4) is 0 Å². The van der Waals surface area contributed by atoms with Crippen LogP contribution in [-0.4, -0.2) is 20.6 Å². The average Bonchev–Trinajstić information content (AvgIpc) is 2.75. The van der Waals surface area contributed by atoms with Crippen molar-refractivity contribution in [2.45, 2.75) is 6.92 Å². The van der Waals surface area contributed by atoms with E-state index in [1.165, 1.54) is 10.6 Å². The Morgan fingerprint density at radius 3 is 2.60 bits per heavy atom. The van der Waals surface area contributed by atoms with E-state index in [2.05, 4.69) is 4.98 Å². The fourth-order valence-corrected chi connectivity index (χ4v) is 2.37. The van der Waals surface area contributed by atoms with Gasteiger partial charge in [-0.05, 0) is 30.7 Å². The molecule has 2 N–H and O–H groups in total. The minimum Gasteiger partial charge on any atom is -0.478 e. The highest BCUT2D eigenvalue weighted by Crippen LogP contribution is 2.21. The van der Waals surface area contributed by atoms with E-state index in [-0.39, 0.29) is 11.3 Å². The summed E-state index contributed by atoms with van der Waals surface area (Å²) in [5, 5.41) is 9.30. The number of aromatic carboxylic acids is 1. The molecule has 0 unspecified atom stereocenters. The van der Waals surface area contributed by atoms with Crippen LogP contribution in [0.15, 0.2) is 47.3 Å². The summed E-state index contributed by atoms with van der Waals surface area (Å²) >= 11 is 0. The summed E-state index contributed by atoms with van der Waals surface area (Å²) in [5.74, 6) is -1.06. The number of imidazole rings is 1. The zero-order chi connectivity index (χ0) is 14.3. The number of benzene rings is 2. The van der Waals surface area contributed by atoms with Crippen LogP contribution in [0.2, 0.25) is 0 Å². The SMILES string of the molecule is Cc1ccccc1-n1c(=O)[nH]c2cccc(C(=O)O)c21. The van der Waals surface area contributed by atoms with Crippen molar-refractivity contribution in [2.75, 3.05) is 0 Å². The number of H-pyrrole nitrogens is 1. The number of aromatic amines is 1. The first-order valence-electron chi connectivity index (χ1n) is 6.12. The minimum absolute atomic E-state index is 0.101. The van der Waals surface area contributed by atoms with Gasteiger partial charge in [0.2, 0.25) is 0 Å². The Morgan fingerprint density at radius 2 is 1.90 bits per heavy atom. The molecule has 0 amide bonds. The van der Waals surface area contributed by atoms with Crippen LogP contribution in [0.1, 0.15) is 15.9 Å². The fourth-order valence-electron chi connectivity index (χ4n) is 2.37. The van der Waals surface area contributed by atoms with Crippen molar-refractivity contribution in [2.24, 2.45) is 0 Å². The molecule has 0 radical (unpaired) electrons. The van der Waals surface area contributed by atoms with Gasteiger partial charge in [-0.15, -0.1) is 0 Å². The minimum atomic E-state index is -1.06. The highest BCUT2D eigenvalue weighted by Gasteiger charge is 2.17. The molecule has 1 heterocycles. The van der Waals surface area contributed by atoms with Crippen LogP contribution in [0.4, 0.5) is 0 Å². The Morgan fingerprint density at radius 1 is 1.15 bits per heavy atom. The molecule has 1 aromatic heterocycles. The standard InChI is InChI=1S/C15H12N2O3/c1-9-5-2-3-8-12(9)17-13-10(14(18)19)6-4-7-11(13)16-15(17)20/h2-8H,1H3,(H,16,20)(H,18,19). The molecule has 0 aliphatic heterocycles. The number of carboxylic acid groups (broad SMARTS) is 1. The second-order valence-electron chi connectivity index (χ2n) is 4.56. The lowest BCUT2D eigenvalue weighted by molar-refractivity contribution is 0.0698. The first-order valence-corrected chi connectivity index (χ1v) is 6.12. The topological polar surface area (TPSA) is 75.1 Å². The maximum Gasteiger partial charge on any atom is 0.337 e. The van der Waals surface area contributed by atoms with Crippen molar-refractivity contribution in [1.29, 1.82) is 0 Å². The zero-order valence-corrected chi connectivity index (χ0v) is 10.8. The molecule has 0 saturated carbocycles. The Kier molecular flexibility index (Phi) is 2.68. The van der Waals surface area contributed by atoms with Gasteiger partial charge in [-0.3, -0.25) is 4.57 Å². The number of nitrogens with zero attached hydrogens (tertiary/aromatic N) is 1. The van der Waals surface area contributed by atoms with Crippen molar-refractivity contribution >= 4 is 17.0 Å². The number of carbonyl (C=O) groups is 1. The fraction of sp³-hybridized carbons (Fsp3) is 0.0667. The maximum atomic E-state index is 12.2. The van der Waals surface area contributed by atoms with Gasteiger partial charge in [-0.1, -0.05) is 24.3 Å². The summed E-state index contributed by atoms with van der Waals surface area (Å²) < 4.78 is 1.41. The molecule has 5 nitrogen and oxygen atoms in total. The van der Waals surface area contributed by atoms with E-state index in [4.69, 9.17) is 0 Å². The quantitative estimate of drug-likeness (QED) is 0.749. The molecule has 0 bridgehead atoms. The van der Waals surface area contributed by atoms with Crippen molar-refractivity contribution < 1.29 is 9.90 Å². The largest absolute Gasteiger partial charge is 0.478 e. The first-order chi connectivity index (χ1) is 9.59. The van der Waals surface area contributed by atoms with Gasteiger partial charge in [0.15, 0.2) is 0 Å². The highest BCUT2D eigenvalue weighted by molar-refractivity contribution is 6.01. The summed E-state index contributed by atoms with van der Waals surface area (Å²) in [4.78, 5) is 26.2. The third kappa shape index (κ3) is 1.72. The number of carboxylic acids is 1. The molecular formula is C15H12N2O3. The lowest BCUT2D eigenvalue weighted by Gasteiger charge is -2.08. The van der Waals surface area contributed by atoms with Crippen molar-refractivity contribution in [3.8, 4) is 5.69 Å². The number of aryl methyl sites for hydroxylation is 1. The van der Waals surface area contributed by atoms with Gasteiger partial charge in [0.1, 0.15) is 0 Å². The highest BCUT2D eigenvalue weighted by atomic mass is 16.4. The molecule has 2 aromatic carbocycles. The van der Waals surface area contributed by atoms with Crippen LogP contribution >= 0.6 is 0 Å². The van der Waals surface area contributed by atoms with E-state index in [0.29, 0.717) is 16.7 Å². The molecule has 0 atom stereocenters. The van der Waals surface area contributed by atoms with Crippen LogP contribution in [0, 0.1) is 6.92 Å². The molecule has 3 rings (SSSR count). The number of nitrogens with one attached hydrogen (secondary N) is 1. The van der Waals surface area contributed by atoms with Crippen LogP contribution in [0.5, 0.6) is 0 Å². The number of hydrogen-bond donors (Lipinski definition) is 2. The number of rotatable bonds is 2. The molecule has 20 heavy (non-hydrogen) atoms. The molecule has 100 valence electrons. The van der Waals surface area contributed by atoms with Gasteiger partial charge < -0.3 is 10.1 Å². The summed E-state index contributed by atoms with van der Waals surface area (Å²) in [5.41, 5.74) is 2.23. The monoisotopic (exact) mass is 268 g/mol. The number of hydrogen-bond acceptors (Lipinski definition) is 2. The van der Waals surface area contributed by atoms with Crippen LogP contribution < -0.4 is 5.69 Å². The molecular weight excluding hydrogens is 256 g/mol. The summed E-state index contributed by atoms with van der Waals surface area (Å²) in [6, 6.07) is 12.2. The van der Waals surface area contributed by atoms with E-state index in [9.17, 15) is 14.7 Å². The molecule has 0 aliphatic rings. The third-order valence-corrected chi connectivity index (χ3v) is 3.29. The third-order valence-electron chi connectivity index (χ3n) is 3.29. The van der Waals surface area contributed by atoms with E-state index >= 15 is 0 Å². The van der Waals surface area contributed by atoms with Crippen LogP contribution in [-0.2, 0) is 0 Å². The molecule has 0 spiro atoms. The Hall–Kier alpha value is -2.82. The Balaban J connectivity index is 2.48. The predicted molar refractivity (Wildman–Crippen MR) is 75.6 cm³/mol. The summed E-state index contributed by atoms with van der Waals surface area (Å²) in [6.45, 7) is 1.88. The lowest BCUT2D eigenvalue weighted by Crippen LogP contribution is -2.16. The first kappa shape index (κ1) is 12.2. The van der Waals surface area contributed by atoms with Crippen LogP contribution in [0.25, 0.3) is 16.7 Å². The van der Waals surface area contributed by atoms with Gasteiger partial charge in [-0.2, -0.15) is 0 Å². The molecule has 5 heteroatoms. The number of para-hydroxylation sites is 2. The van der Waals surface area contributed by atoms with E-state index in [0.717, 1.165) is 5.56 Å². The summed E-state index contributed by atoms with van der Waals surface area (Å²) in [7, 11) is 0. The molecule has 3 aromatic rings. The van der Waals surface area contributed by atoms with E-state index in [1.807, 2.05) is 25.1 Å². The molecule has 0 fully saturated rings. The van der Waals surface area contributed by atoms with E-state index in [1.54, 1.807) is 18.2 Å². The van der Waals surface area contributed by atoms with E-state index < -0.39 is 5.97 Å². The Labute approximate surface area is 114 Å². The molecule has 0 aliphatic carbocycles. The average molecular weight is 268 g/mol. The van der Waals surface area contributed by atoms with Crippen molar-refractivity contribution in [3.05, 3.63) is 64.1 Å². The predicted octanol–water partition coefficient (Wildman–Crippen LogP) is 2.33. The number of aromatic nitrogens is 2.